The quantitative estimate of drug-likeness (QED) is 0.372. The Hall–Kier alpha value is -3.45. The van der Waals surface area contributed by atoms with Crippen molar-refractivity contribution in [1.29, 1.82) is 0 Å². The molecule has 3 aromatic rings. The first-order valence-electron chi connectivity index (χ1n) is 13.5. The minimum absolute atomic E-state index is 0.0887. The van der Waals surface area contributed by atoms with Crippen LogP contribution >= 0.6 is 0 Å². The molecule has 2 atom stereocenters. The van der Waals surface area contributed by atoms with Gasteiger partial charge in [-0.05, 0) is 93.6 Å². The highest BCUT2D eigenvalue weighted by molar-refractivity contribution is 5.94. The first-order chi connectivity index (χ1) is 17.9. The van der Waals surface area contributed by atoms with Crippen molar-refractivity contribution in [2.75, 3.05) is 26.2 Å². The van der Waals surface area contributed by atoms with Gasteiger partial charge in [-0.2, -0.15) is 0 Å². The van der Waals surface area contributed by atoms with Gasteiger partial charge in [0, 0.05) is 29.6 Å². The van der Waals surface area contributed by atoms with Gasteiger partial charge in [0.2, 0.25) is 0 Å². The highest BCUT2D eigenvalue weighted by Gasteiger charge is 2.57. The Labute approximate surface area is 218 Å². The largest absolute Gasteiger partial charge is 0.508 e. The zero-order chi connectivity index (χ0) is 25.7. The third-order valence-corrected chi connectivity index (χ3v) is 8.15. The Morgan fingerprint density at radius 3 is 2.84 bits per heavy atom. The maximum absolute atomic E-state index is 14.1. The summed E-state index contributed by atoms with van der Waals surface area (Å²) in [7, 11) is 0. The number of benzene rings is 2. The minimum Gasteiger partial charge on any atom is -0.508 e. The maximum Gasteiger partial charge on any atom is 0.254 e. The van der Waals surface area contributed by atoms with Crippen LogP contribution in [0.5, 0.6) is 11.5 Å². The molecule has 2 fully saturated rings. The summed E-state index contributed by atoms with van der Waals surface area (Å²) < 4.78 is 5.80. The summed E-state index contributed by atoms with van der Waals surface area (Å²) in [4.78, 5) is 21.7. The molecule has 2 aromatic carbocycles. The molecule has 6 rings (SSSR count). The fourth-order valence-corrected chi connectivity index (χ4v) is 6.15. The third kappa shape index (κ3) is 4.06. The van der Waals surface area contributed by atoms with Gasteiger partial charge >= 0.3 is 0 Å². The Bertz CT molecular complexity index is 1360. The summed E-state index contributed by atoms with van der Waals surface area (Å²) in [5.74, 6) is 2.68. The zero-order valence-electron chi connectivity index (χ0n) is 21.7. The van der Waals surface area contributed by atoms with Crippen LogP contribution in [0, 0.1) is 5.92 Å². The van der Waals surface area contributed by atoms with Crippen molar-refractivity contribution in [3.05, 3.63) is 71.7 Å². The Morgan fingerprint density at radius 1 is 1.24 bits per heavy atom. The van der Waals surface area contributed by atoms with E-state index < -0.39 is 5.54 Å². The molecule has 0 unspecified atom stereocenters. The normalized spacial score (nSPS) is 23.0. The standard InChI is InChI=1S/C30H36N4O3/c1-4-37-23-11-12-26-24(16-23)25-17-30(3)29(36)33(14-6-13-31-18-20-9-10-20)19(2)34(30)28(27(25)32-26)21-7-5-8-22(35)15-21/h5,7-8,11-12,15-16,20,28,31-32,35H,2,4,6,9-10,13-14,17-18H2,1,3H3/t28-,30+/m1/s1. The van der Waals surface area contributed by atoms with Crippen molar-refractivity contribution >= 4 is 16.8 Å². The van der Waals surface area contributed by atoms with Crippen LogP contribution in [0.25, 0.3) is 10.9 Å². The SMILES string of the molecule is C=C1N(CCCNCC2CC2)C(=O)[C@]2(C)Cc3c([nH]c4ccc(OCC)cc34)[C@@H](c3cccc(O)c3)N12. The molecule has 7 heteroatoms. The van der Waals surface area contributed by atoms with Crippen LogP contribution in [0.3, 0.4) is 0 Å². The maximum atomic E-state index is 14.1. The molecule has 3 N–H and O–H groups in total. The number of aromatic amines is 1. The van der Waals surface area contributed by atoms with E-state index in [1.54, 1.807) is 12.1 Å². The first-order valence-corrected chi connectivity index (χ1v) is 13.5. The van der Waals surface area contributed by atoms with Gasteiger partial charge in [-0.25, -0.2) is 0 Å². The molecule has 3 heterocycles. The van der Waals surface area contributed by atoms with Gasteiger partial charge < -0.3 is 25.0 Å². The molecule has 1 aliphatic carbocycles. The van der Waals surface area contributed by atoms with Gasteiger partial charge in [0.15, 0.2) is 0 Å². The second-order valence-corrected chi connectivity index (χ2v) is 10.8. The first kappa shape index (κ1) is 23.9. The number of carbonyl (C=O) groups is 1. The molecule has 0 radical (unpaired) electrons. The number of nitrogens with one attached hydrogen (secondary N) is 2. The molecular formula is C30H36N4O3. The van der Waals surface area contributed by atoms with E-state index in [9.17, 15) is 9.90 Å². The van der Waals surface area contributed by atoms with Crippen molar-refractivity contribution in [1.82, 2.24) is 20.1 Å². The summed E-state index contributed by atoms with van der Waals surface area (Å²) in [5.41, 5.74) is 3.32. The molecule has 3 aliphatic rings. The van der Waals surface area contributed by atoms with Gasteiger partial charge in [-0.15, -0.1) is 0 Å². The van der Waals surface area contributed by atoms with E-state index in [1.807, 2.05) is 43.0 Å². The Balaban J connectivity index is 1.39. The van der Waals surface area contributed by atoms with E-state index in [-0.39, 0.29) is 17.7 Å². The number of amides is 1. The van der Waals surface area contributed by atoms with Crippen molar-refractivity contribution in [3.8, 4) is 11.5 Å². The van der Waals surface area contributed by atoms with E-state index in [1.165, 1.54) is 12.8 Å². The molecule has 2 aliphatic heterocycles. The predicted molar refractivity (Wildman–Crippen MR) is 144 cm³/mol. The lowest BCUT2D eigenvalue weighted by Crippen LogP contribution is -2.52. The molecule has 7 nitrogen and oxygen atoms in total. The molecule has 37 heavy (non-hydrogen) atoms. The third-order valence-electron chi connectivity index (χ3n) is 8.15. The summed E-state index contributed by atoms with van der Waals surface area (Å²) >= 11 is 0. The van der Waals surface area contributed by atoms with E-state index in [2.05, 4.69) is 27.8 Å². The molecular weight excluding hydrogens is 464 g/mol. The van der Waals surface area contributed by atoms with Gasteiger partial charge in [0.05, 0.1) is 12.6 Å². The van der Waals surface area contributed by atoms with Crippen LogP contribution in [0.4, 0.5) is 0 Å². The molecule has 1 saturated heterocycles. The van der Waals surface area contributed by atoms with E-state index >= 15 is 0 Å². The van der Waals surface area contributed by atoms with Crippen molar-refractivity contribution in [3.63, 3.8) is 0 Å². The van der Waals surface area contributed by atoms with Crippen molar-refractivity contribution < 1.29 is 14.6 Å². The monoisotopic (exact) mass is 500 g/mol. The number of carbonyl (C=O) groups excluding carboxylic acids is 1. The summed E-state index contributed by atoms with van der Waals surface area (Å²) in [6.07, 6.45) is 4.11. The van der Waals surface area contributed by atoms with Crippen LogP contribution in [0.2, 0.25) is 0 Å². The average molecular weight is 501 g/mol. The van der Waals surface area contributed by atoms with E-state index in [0.717, 1.165) is 64.7 Å². The molecule has 0 bridgehead atoms. The number of phenolic OH excluding ortho intramolecular Hbond substituents is 1. The van der Waals surface area contributed by atoms with Gasteiger partial charge in [-0.1, -0.05) is 18.7 Å². The Morgan fingerprint density at radius 2 is 2.08 bits per heavy atom. The van der Waals surface area contributed by atoms with E-state index in [4.69, 9.17) is 4.74 Å². The van der Waals surface area contributed by atoms with Crippen LogP contribution in [-0.2, 0) is 11.2 Å². The van der Waals surface area contributed by atoms with Crippen molar-refractivity contribution in [2.24, 2.45) is 5.92 Å². The lowest BCUT2D eigenvalue weighted by Gasteiger charge is -2.44. The molecule has 1 saturated carbocycles. The number of H-pyrrole nitrogens is 1. The lowest BCUT2D eigenvalue weighted by atomic mass is 9.81. The van der Waals surface area contributed by atoms with Crippen LogP contribution < -0.4 is 10.1 Å². The second kappa shape index (κ2) is 9.14. The summed E-state index contributed by atoms with van der Waals surface area (Å²) in [6.45, 7) is 11.6. The smallest absolute Gasteiger partial charge is 0.254 e. The fourth-order valence-electron chi connectivity index (χ4n) is 6.15. The number of fused-ring (bicyclic) bond motifs is 4. The number of hydrogen-bond donors (Lipinski definition) is 3. The number of aromatic nitrogens is 1. The minimum atomic E-state index is -0.779. The lowest BCUT2D eigenvalue weighted by molar-refractivity contribution is -0.133. The van der Waals surface area contributed by atoms with Crippen LogP contribution in [0.1, 0.15) is 56.0 Å². The summed E-state index contributed by atoms with van der Waals surface area (Å²) in [5, 5.41) is 15.0. The number of nitrogens with zero attached hydrogens (tertiary/aromatic N) is 2. The number of rotatable bonds is 9. The topological polar surface area (TPSA) is 80.8 Å². The highest BCUT2D eigenvalue weighted by Crippen LogP contribution is 2.51. The number of aromatic hydroxyl groups is 1. The second-order valence-electron chi connectivity index (χ2n) is 10.8. The molecule has 1 amide bonds. The van der Waals surface area contributed by atoms with E-state index in [0.29, 0.717) is 19.6 Å². The number of phenols is 1. The van der Waals surface area contributed by atoms with Gasteiger partial charge in [0.25, 0.3) is 5.91 Å². The van der Waals surface area contributed by atoms with Crippen LogP contribution in [-0.4, -0.2) is 57.6 Å². The highest BCUT2D eigenvalue weighted by atomic mass is 16.5. The molecule has 194 valence electrons. The number of hydrogen-bond acceptors (Lipinski definition) is 5. The predicted octanol–water partition coefficient (Wildman–Crippen LogP) is 4.68. The number of ether oxygens (including phenoxy) is 1. The molecule has 0 spiro atoms. The van der Waals surface area contributed by atoms with Crippen molar-refractivity contribution in [2.45, 2.75) is 51.1 Å². The van der Waals surface area contributed by atoms with Gasteiger partial charge in [-0.3, -0.25) is 9.69 Å². The van der Waals surface area contributed by atoms with Crippen LogP contribution in [0.15, 0.2) is 54.9 Å². The van der Waals surface area contributed by atoms with Gasteiger partial charge in [0.1, 0.15) is 22.9 Å². The zero-order valence-corrected chi connectivity index (χ0v) is 21.7. The average Bonchev–Trinajstić information content (AvgIpc) is 3.61. The fraction of sp³-hybridized carbons (Fsp3) is 0.433. The molecule has 1 aromatic heterocycles. The summed E-state index contributed by atoms with van der Waals surface area (Å²) in [6, 6.07) is 13.2. The Kier molecular flexibility index (Phi) is 5.91.